The van der Waals surface area contributed by atoms with Crippen molar-refractivity contribution in [2.45, 2.75) is 62.4 Å². The number of rotatable bonds is 12. The van der Waals surface area contributed by atoms with E-state index in [1.165, 1.54) is 48.5 Å². The van der Waals surface area contributed by atoms with Crippen molar-refractivity contribution in [3.05, 3.63) is 211 Å². The summed E-state index contributed by atoms with van der Waals surface area (Å²) in [7, 11) is -8.33. The number of carbonyl (C=O) groups is 2. The predicted molar refractivity (Wildman–Crippen MR) is 256 cm³/mol. The zero-order chi connectivity index (χ0) is 51.6. The third-order valence-corrected chi connectivity index (χ3v) is 14.5. The maximum Gasteiger partial charge on any atom is 0.269 e. The van der Waals surface area contributed by atoms with E-state index in [4.69, 9.17) is 10.2 Å². The topological polar surface area (TPSA) is 253 Å². The molecule has 0 heterocycles. The van der Waals surface area contributed by atoms with Gasteiger partial charge >= 0.3 is 0 Å². The highest BCUT2D eigenvalue weighted by molar-refractivity contribution is 7.89. The van der Waals surface area contributed by atoms with Crippen molar-refractivity contribution < 1.29 is 55.3 Å². The molecule has 0 amide bonds. The lowest BCUT2D eigenvalue weighted by atomic mass is 9.76. The van der Waals surface area contributed by atoms with Crippen molar-refractivity contribution in [1.29, 1.82) is 0 Å². The molecule has 6 aromatic carbocycles. The highest BCUT2D eigenvalue weighted by Crippen LogP contribution is 2.48. The fourth-order valence-corrected chi connectivity index (χ4v) is 10.9. The molecule has 0 unspecified atom stereocenters. The van der Waals surface area contributed by atoms with Gasteiger partial charge < -0.3 is 10.2 Å². The zero-order valence-corrected chi connectivity index (χ0v) is 39.9. The van der Waals surface area contributed by atoms with E-state index in [2.05, 4.69) is 9.44 Å². The van der Waals surface area contributed by atoms with Gasteiger partial charge in [0.1, 0.15) is 11.6 Å². The van der Waals surface area contributed by atoms with Gasteiger partial charge in [-0.25, -0.2) is 35.1 Å². The monoisotopic (exact) mass is 1000 g/mol. The molecule has 368 valence electrons. The van der Waals surface area contributed by atoms with Crippen LogP contribution in [-0.4, -0.2) is 61.7 Å². The second-order valence-electron chi connectivity index (χ2n) is 16.5. The molecule has 0 fully saturated rings. The number of nitro groups is 2. The number of carbonyl (C=O) groups excluding carboxylic acids is 2. The number of nitro benzene ring substituents is 2. The van der Waals surface area contributed by atoms with Crippen molar-refractivity contribution in [3.8, 4) is 0 Å². The molecule has 0 spiro atoms. The average Bonchev–Trinajstić information content (AvgIpc) is 3.76. The van der Waals surface area contributed by atoms with Crippen molar-refractivity contribution in [1.82, 2.24) is 9.44 Å². The molecule has 2 aliphatic rings. The van der Waals surface area contributed by atoms with E-state index in [-0.39, 0.29) is 45.9 Å². The molecule has 0 aliphatic heterocycles. The van der Waals surface area contributed by atoms with Crippen molar-refractivity contribution in [2.24, 2.45) is 10.8 Å². The molecular weight excluding hydrogens is 951 g/mol. The lowest BCUT2D eigenvalue weighted by molar-refractivity contribution is -0.385. The van der Waals surface area contributed by atoms with Crippen molar-refractivity contribution >= 4 is 43.0 Å². The first-order valence-electron chi connectivity index (χ1n) is 21.6. The molecule has 0 bridgehead atoms. The zero-order valence-electron chi connectivity index (χ0n) is 38.3. The molecule has 20 heteroatoms. The molecule has 8 rings (SSSR count). The second-order valence-corrected chi connectivity index (χ2v) is 19.9. The van der Waals surface area contributed by atoms with Crippen LogP contribution in [0.5, 0.6) is 0 Å². The quantitative estimate of drug-likeness (QED) is 0.0666. The first-order chi connectivity index (χ1) is 33.1. The Labute approximate surface area is 403 Å². The Morgan fingerprint density at radius 1 is 0.543 bits per heavy atom. The lowest BCUT2D eigenvalue weighted by Gasteiger charge is -2.33. The fraction of sp³-hybridized carbons (Fsp3) is 0.240. The van der Waals surface area contributed by atoms with Gasteiger partial charge in [-0.1, -0.05) is 86.6 Å². The number of non-ortho nitro benzene ring substituents is 2. The van der Waals surface area contributed by atoms with Crippen LogP contribution < -0.4 is 9.44 Å². The maximum absolute atomic E-state index is 13.6. The van der Waals surface area contributed by atoms with Crippen LogP contribution in [0.25, 0.3) is 0 Å². The van der Waals surface area contributed by atoms with Gasteiger partial charge in [-0.2, -0.15) is 0 Å². The van der Waals surface area contributed by atoms with Gasteiger partial charge in [0.2, 0.25) is 20.0 Å². The minimum Gasteiger partial charge on any atom is -0.397 e. The van der Waals surface area contributed by atoms with Crippen LogP contribution >= 0.6 is 0 Å². The Kier molecular flexibility index (Phi) is 17.5. The summed E-state index contributed by atoms with van der Waals surface area (Å²) >= 11 is 0. The van der Waals surface area contributed by atoms with Gasteiger partial charge in [-0.15, -0.1) is 0 Å². The normalized spacial score (nSPS) is 17.8. The number of ketones is 2. The summed E-state index contributed by atoms with van der Waals surface area (Å²) in [5, 5.41) is 36.9. The van der Waals surface area contributed by atoms with E-state index in [1.54, 1.807) is 52.0 Å². The predicted octanol–water partition coefficient (Wildman–Crippen LogP) is 8.39. The highest BCUT2D eigenvalue weighted by atomic mass is 32.2. The van der Waals surface area contributed by atoms with E-state index >= 15 is 0 Å². The van der Waals surface area contributed by atoms with Gasteiger partial charge in [-0.05, 0) is 97.5 Å². The van der Waals surface area contributed by atoms with Gasteiger partial charge in [0.15, 0.2) is 11.6 Å². The first kappa shape index (κ1) is 54.0. The highest BCUT2D eigenvalue weighted by Gasteiger charge is 2.50. The summed E-state index contributed by atoms with van der Waals surface area (Å²) in [4.78, 5) is 46.9. The van der Waals surface area contributed by atoms with E-state index in [0.717, 1.165) is 59.7 Å². The third-order valence-electron chi connectivity index (χ3n) is 11.6. The molecule has 4 atom stereocenters. The fourth-order valence-electron chi connectivity index (χ4n) is 8.21. The summed E-state index contributed by atoms with van der Waals surface area (Å²) in [6.45, 7) is 7.23. The molecule has 16 nitrogen and oxygen atoms in total. The molecule has 2 aliphatic carbocycles. The number of sulfonamides is 2. The van der Waals surface area contributed by atoms with Crippen LogP contribution in [0.15, 0.2) is 155 Å². The molecule has 70 heavy (non-hydrogen) atoms. The standard InChI is InChI=1S/2C23H19FN2O5S.2C2H6O/c2*1-23(14-16-4-2-3-5-20(16)22(23)27)21(15-6-8-17(24)9-7-15)25-32(30,31)19-12-10-18(11-13-19)26(28)29;2*1-2-3/h2*2-13,21,25H,14H2,1H3;2*3H,2H2,1H3/t2*21-,23+;;/m00../s1. The number of aliphatic hydroxyl groups excluding tert-OH is 2. The number of nitrogens with zero attached hydrogens (tertiary/aromatic N) is 2. The van der Waals surface area contributed by atoms with Crippen LogP contribution in [0.4, 0.5) is 20.2 Å². The number of hydrogen-bond acceptors (Lipinski definition) is 12. The number of Topliss-reactive ketones (excluding diaryl/α,β-unsaturated/α-hetero) is 2. The lowest BCUT2D eigenvalue weighted by Crippen LogP contribution is -2.43. The Hall–Kier alpha value is -6.94. The van der Waals surface area contributed by atoms with Crippen LogP contribution in [0.1, 0.15) is 82.7 Å². The van der Waals surface area contributed by atoms with E-state index in [1.807, 2.05) is 24.3 Å². The molecule has 0 saturated carbocycles. The first-order valence-corrected chi connectivity index (χ1v) is 24.5. The molecule has 0 aromatic heterocycles. The molecule has 6 aromatic rings. The van der Waals surface area contributed by atoms with E-state index in [0.29, 0.717) is 35.1 Å². The summed E-state index contributed by atoms with van der Waals surface area (Å²) in [5.41, 5.74) is 0.725. The molecule has 0 radical (unpaired) electrons. The minimum atomic E-state index is -4.17. The van der Waals surface area contributed by atoms with Crippen LogP contribution in [0, 0.1) is 42.7 Å². The summed E-state index contributed by atoms with van der Waals surface area (Å²) in [5.74, 6) is -1.41. The molecule has 0 saturated heterocycles. The van der Waals surface area contributed by atoms with Crippen LogP contribution in [-0.2, 0) is 32.9 Å². The van der Waals surface area contributed by atoms with Crippen LogP contribution in [0.3, 0.4) is 0 Å². The number of nitrogens with one attached hydrogen (secondary N) is 2. The molecule has 4 N–H and O–H groups in total. The smallest absolute Gasteiger partial charge is 0.269 e. The van der Waals surface area contributed by atoms with Gasteiger partial charge in [-0.3, -0.25) is 29.8 Å². The Balaban J connectivity index is 0.000000235. The van der Waals surface area contributed by atoms with Gasteiger partial charge in [0.25, 0.3) is 11.4 Å². The summed E-state index contributed by atoms with van der Waals surface area (Å²) < 4.78 is 85.0. The number of halogens is 2. The summed E-state index contributed by atoms with van der Waals surface area (Å²) in [6.07, 6.45) is 0.597. The van der Waals surface area contributed by atoms with Crippen molar-refractivity contribution in [2.75, 3.05) is 13.2 Å². The number of aliphatic hydroxyl groups is 2. The van der Waals surface area contributed by atoms with Crippen LogP contribution in [0.2, 0.25) is 0 Å². The maximum atomic E-state index is 13.6. The summed E-state index contributed by atoms with van der Waals surface area (Å²) in [6, 6.07) is 31.7. The SMILES string of the molecule is CCO.CCO.C[C@]1([C@@H](NS(=O)(=O)c2ccc([N+](=O)[O-])cc2)c2ccc(F)cc2)Cc2ccccc2C1=O.C[C@]1([C@@H](NS(=O)(=O)c2ccc([N+](=O)[O-])cc2)c2ccc(F)cc2)Cc2ccccc2C1=O. The third kappa shape index (κ3) is 12.1. The number of hydrogen-bond donors (Lipinski definition) is 4. The van der Waals surface area contributed by atoms with Crippen molar-refractivity contribution in [3.63, 3.8) is 0 Å². The second kappa shape index (κ2) is 22.7. The van der Waals surface area contributed by atoms with Gasteiger partial charge in [0.05, 0.1) is 42.6 Å². The largest absolute Gasteiger partial charge is 0.397 e. The Morgan fingerprint density at radius 3 is 1.10 bits per heavy atom. The number of fused-ring (bicyclic) bond motifs is 2. The Bertz CT molecular complexity index is 2860. The van der Waals surface area contributed by atoms with E-state index in [9.17, 15) is 55.4 Å². The molecular formula is C50H50F2N4O12S2. The number of benzene rings is 6. The van der Waals surface area contributed by atoms with Gasteiger partial charge in [0, 0.05) is 48.6 Å². The Morgan fingerprint density at radius 2 is 0.829 bits per heavy atom. The average molecular weight is 1000 g/mol. The van der Waals surface area contributed by atoms with E-state index < -0.39 is 64.4 Å². The minimum absolute atomic E-state index is 0.179.